The van der Waals surface area contributed by atoms with Gasteiger partial charge in [0.1, 0.15) is 0 Å². The van der Waals surface area contributed by atoms with Crippen molar-refractivity contribution < 1.29 is 0 Å². The standard InChI is InChI=1S/C13H15NS/c1-8-5-6-12(7-9(8)2)13-10(3)14-11(4)15-13/h5-7H,1-4H3. The molecular weight excluding hydrogens is 202 g/mol. The molecule has 1 aromatic heterocycles. The number of hydrogen-bond donors (Lipinski definition) is 0. The topological polar surface area (TPSA) is 12.9 Å². The monoisotopic (exact) mass is 217 g/mol. The minimum absolute atomic E-state index is 1.14. The summed E-state index contributed by atoms with van der Waals surface area (Å²) in [5, 5.41) is 1.14. The molecule has 0 saturated carbocycles. The van der Waals surface area contributed by atoms with Gasteiger partial charge in [0.25, 0.3) is 0 Å². The van der Waals surface area contributed by atoms with Crippen molar-refractivity contribution in [1.82, 2.24) is 4.98 Å². The molecule has 78 valence electrons. The van der Waals surface area contributed by atoms with Crippen LogP contribution in [0.15, 0.2) is 18.2 Å². The van der Waals surface area contributed by atoms with Crippen molar-refractivity contribution >= 4 is 11.3 Å². The minimum Gasteiger partial charge on any atom is -0.246 e. The maximum Gasteiger partial charge on any atom is 0.0903 e. The van der Waals surface area contributed by atoms with Crippen LogP contribution in [-0.2, 0) is 0 Å². The lowest BCUT2D eigenvalue weighted by Gasteiger charge is -2.03. The Balaban J connectivity index is 2.54. The van der Waals surface area contributed by atoms with Gasteiger partial charge in [-0.05, 0) is 44.4 Å². The molecule has 0 amide bonds. The van der Waals surface area contributed by atoms with E-state index in [1.807, 2.05) is 0 Å². The molecule has 1 heterocycles. The highest BCUT2D eigenvalue weighted by Gasteiger charge is 2.07. The average molecular weight is 217 g/mol. The van der Waals surface area contributed by atoms with Crippen LogP contribution in [0.1, 0.15) is 21.8 Å². The van der Waals surface area contributed by atoms with Crippen molar-refractivity contribution in [3.05, 3.63) is 40.0 Å². The van der Waals surface area contributed by atoms with Gasteiger partial charge in [-0.3, -0.25) is 0 Å². The molecule has 0 fully saturated rings. The third-order valence-electron chi connectivity index (χ3n) is 2.67. The predicted octanol–water partition coefficient (Wildman–Crippen LogP) is 4.04. The minimum atomic E-state index is 1.14. The first-order valence-corrected chi connectivity index (χ1v) is 5.91. The smallest absolute Gasteiger partial charge is 0.0903 e. The molecule has 0 atom stereocenters. The number of benzene rings is 1. The zero-order chi connectivity index (χ0) is 11.0. The summed E-state index contributed by atoms with van der Waals surface area (Å²) in [5.41, 5.74) is 5.12. The van der Waals surface area contributed by atoms with Crippen molar-refractivity contribution in [2.75, 3.05) is 0 Å². The summed E-state index contributed by atoms with van der Waals surface area (Å²) in [6.07, 6.45) is 0. The Bertz CT molecular complexity index is 497. The summed E-state index contributed by atoms with van der Waals surface area (Å²) in [6.45, 7) is 8.43. The van der Waals surface area contributed by atoms with Crippen molar-refractivity contribution in [3.8, 4) is 10.4 Å². The number of aryl methyl sites for hydroxylation is 4. The first-order chi connectivity index (χ1) is 7.08. The van der Waals surface area contributed by atoms with Crippen LogP contribution in [-0.4, -0.2) is 4.98 Å². The first-order valence-electron chi connectivity index (χ1n) is 5.09. The van der Waals surface area contributed by atoms with Crippen LogP contribution < -0.4 is 0 Å². The maximum absolute atomic E-state index is 4.46. The van der Waals surface area contributed by atoms with E-state index in [0.717, 1.165) is 10.7 Å². The molecule has 0 unspecified atom stereocenters. The molecular formula is C13H15NS. The zero-order valence-electron chi connectivity index (χ0n) is 9.59. The van der Waals surface area contributed by atoms with Gasteiger partial charge in [0, 0.05) is 0 Å². The summed E-state index contributed by atoms with van der Waals surface area (Å²) < 4.78 is 0. The number of nitrogens with zero attached hydrogens (tertiary/aromatic N) is 1. The number of aromatic nitrogens is 1. The number of thiazole rings is 1. The molecule has 1 nitrogen and oxygen atoms in total. The van der Waals surface area contributed by atoms with Gasteiger partial charge in [-0.1, -0.05) is 18.2 Å². The van der Waals surface area contributed by atoms with E-state index in [-0.39, 0.29) is 0 Å². The normalized spacial score (nSPS) is 10.7. The van der Waals surface area contributed by atoms with E-state index in [0.29, 0.717) is 0 Å². The van der Waals surface area contributed by atoms with E-state index in [2.05, 4.69) is 50.9 Å². The van der Waals surface area contributed by atoms with E-state index in [4.69, 9.17) is 0 Å². The number of hydrogen-bond acceptors (Lipinski definition) is 2. The van der Waals surface area contributed by atoms with E-state index in [9.17, 15) is 0 Å². The third-order valence-corrected chi connectivity index (χ3v) is 3.79. The molecule has 0 N–H and O–H groups in total. The summed E-state index contributed by atoms with van der Waals surface area (Å²) in [5.74, 6) is 0. The predicted molar refractivity (Wildman–Crippen MR) is 66.5 cm³/mol. The van der Waals surface area contributed by atoms with Crippen molar-refractivity contribution in [1.29, 1.82) is 0 Å². The van der Waals surface area contributed by atoms with Crippen LogP contribution >= 0.6 is 11.3 Å². The van der Waals surface area contributed by atoms with Gasteiger partial charge < -0.3 is 0 Å². The molecule has 0 saturated heterocycles. The van der Waals surface area contributed by atoms with Gasteiger partial charge in [0.05, 0.1) is 15.6 Å². The molecule has 0 aliphatic rings. The molecule has 2 rings (SSSR count). The van der Waals surface area contributed by atoms with Crippen LogP contribution in [0.5, 0.6) is 0 Å². The van der Waals surface area contributed by atoms with Crippen molar-refractivity contribution in [2.24, 2.45) is 0 Å². The molecule has 1 aromatic carbocycles. The Kier molecular flexibility index (Phi) is 2.61. The van der Waals surface area contributed by atoms with E-state index < -0.39 is 0 Å². The second kappa shape index (κ2) is 3.78. The maximum atomic E-state index is 4.46. The number of rotatable bonds is 1. The highest BCUT2D eigenvalue weighted by atomic mass is 32.1. The Morgan fingerprint density at radius 3 is 2.27 bits per heavy atom. The van der Waals surface area contributed by atoms with Crippen LogP contribution in [0.4, 0.5) is 0 Å². The third kappa shape index (κ3) is 1.95. The van der Waals surface area contributed by atoms with E-state index >= 15 is 0 Å². The molecule has 2 aromatic rings. The summed E-state index contributed by atoms with van der Waals surface area (Å²) >= 11 is 1.77. The molecule has 2 heteroatoms. The summed E-state index contributed by atoms with van der Waals surface area (Å²) in [4.78, 5) is 5.76. The Morgan fingerprint density at radius 1 is 1.00 bits per heavy atom. The molecule has 0 spiro atoms. The van der Waals surface area contributed by atoms with Crippen LogP contribution in [0, 0.1) is 27.7 Å². The van der Waals surface area contributed by atoms with Gasteiger partial charge in [-0.15, -0.1) is 11.3 Å². The van der Waals surface area contributed by atoms with Gasteiger partial charge in [0.2, 0.25) is 0 Å². The van der Waals surface area contributed by atoms with Gasteiger partial charge >= 0.3 is 0 Å². The Morgan fingerprint density at radius 2 is 1.73 bits per heavy atom. The fourth-order valence-electron chi connectivity index (χ4n) is 1.68. The second-order valence-corrected chi connectivity index (χ2v) is 5.15. The largest absolute Gasteiger partial charge is 0.246 e. The Hall–Kier alpha value is -1.15. The van der Waals surface area contributed by atoms with Crippen LogP contribution in [0.2, 0.25) is 0 Å². The van der Waals surface area contributed by atoms with Crippen LogP contribution in [0.25, 0.3) is 10.4 Å². The lowest BCUT2D eigenvalue weighted by Crippen LogP contribution is -1.83. The van der Waals surface area contributed by atoms with E-state index in [1.54, 1.807) is 11.3 Å². The van der Waals surface area contributed by atoms with Gasteiger partial charge in [-0.25, -0.2) is 4.98 Å². The molecule has 0 aliphatic carbocycles. The first kappa shape index (κ1) is 10.4. The van der Waals surface area contributed by atoms with Gasteiger partial charge in [0.15, 0.2) is 0 Å². The van der Waals surface area contributed by atoms with Crippen molar-refractivity contribution in [3.63, 3.8) is 0 Å². The highest BCUT2D eigenvalue weighted by Crippen LogP contribution is 2.30. The van der Waals surface area contributed by atoms with Gasteiger partial charge in [-0.2, -0.15) is 0 Å². The summed E-state index contributed by atoms with van der Waals surface area (Å²) in [6, 6.07) is 6.61. The fourth-order valence-corrected chi connectivity index (χ4v) is 2.60. The molecule has 0 bridgehead atoms. The quantitative estimate of drug-likeness (QED) is 0.702. The second-order valence-electron chi connectivity index (χ2n) is 3.95. The van der Waals surface area contributed by atoms with E-state index in [1.165, 1.54) is 21.6 Å². The molecule has 0 aliphatic heterocycles. The van der Waals surface area contributed by atoms with Crippen molar-refractivity contribution in [2.45, 2.75) is 27.7 Å². The average Bonchev–Trinajstić information content (AvgIpc) is 2.50. The highest BCUT2D eigenvalue weighted by molar-refractivity contribution is 7.15. The van der Waals surface area contributed by atoms with Crippen LogP contribution in [0.3, 0.4) is 0 Å². The lowest BCUT2D eigenvalue weighted by molar-refractivity contribution is 1.20. The molecule has 15 heavy (non-hydrogen) atoms. The zero-order valence-corrected chi connectivity index (χ0v) is 10.4. The summed E-state index contributed by atoms with van der Waals surface area (Å²) in [7, 11) is 0. The lowest BCUT2D eigenvalue weighted by atomic mass is 10.0. The SMILES string of the molecule is Cc1nc(C)c(-c2ccc(C)c(C)c2)s1. The molecule has 0 radical (unpaired) electrons. The Labute approximate surface area is 94.8 Å². The fraction of sp³-hybridized carbons (Fsp3) is 0.308.